The Morgan fingerprint density at radius 1 is 1.48 bits per heavy atom. The van der Waals surface area contributed by atoms with Crippen molar-refractivity contribution in [1.82, 2.24) is 14.9 Å². The Bertz CT molecular complexity index is 639. The molecule has 8 heteroatoms. The maximum absolute atomic E-state index is 11.5. The molecule has 2 rings (SSSR count). The molecule has 2 aromatic rings. The van der Waals surface area contributed by atoms with Gasteiger partial charge in [0.15, 0.2) is 0 Å². The van der Waals surface area contributed by atoms with E-state index in [1.54, 1.807) is 18.6 Å². The van der Waals surface area contributed by atoms with Crippen LogP contribution in [-0.2, 0) is 6.54 Å². The molecule has 0 atom stereocenters. The lowest BCUT2D eigenvalue weighted by Gasteiger charge is -2.08. The maximum Gasteiger partial charge on any atom is 0.293 e. The third kappa shape index (κ3) is 3.56. The lowest BCUT2D eigenvalue weighted by Crippen LogP contribution is -2.18. The minimum atomic E-state index is -0.508. The summed E-state index contributed by atoms with van der Waals surface area (Å²) >= 11 is 0. The van der Waals surface area contributed by atoms with Crippen LogP contribution in [0.15, 0.2) is 36.9 Å². The van der Waals surface area contributed by atoms with Crippen molar-refractivity contribution in [2.45, 2.75) is 6.54 Å². The molecule has 21 heavy (non-hydrogen) atoms. The van der Waals surface area contributed by atoms with Crippen molar-refractivity contribution >= 4 is 17.3 Å². The number of hydrogen-bond donors (Lipinski definition) is 2. The summed E-state index contributed by atoms with van der Waals surface area (Å²) in [5, 5.41) is 16.5. The predicted molar refractivity (Wildman–Crippen MR) is 77.2 cm³/mol. The maximum atomic E-state index is 11.5. The van der Waals surface area contributed by atoms with Gasteiger partial charge in [0.1, 0.15) is 5.69 Å². The van der Waals surface area contributed by atoms with Gasteiger partial charge in [-0.15, -0.1) is 0 Å². The van der Waals surface area contributed by atoms with Crippen LogP contribution in [0.25, 0.3) is 0 Å². The first kappa shape index (κ1) is 14.5. The fourth-order valence-corrected chi connectivity index (χ4v) is 1.86. The van der Waals surface area contributed by atoms with Gasteiger partial charge < -0.3 is 15.2 Å². The average molecular weight is 289 g/mol. The number of amides is 1. The zero-order valence-electron chi connectivity index (χ0n) is 11.4. The molecule has 1 aromatic heterocycles. The Balaban J connectivity index is 2.11. The molecule has 8 nitrogen and oxygen atoms in total. The van der Waals surface area contributed by atoms with E-state index >= 15 is 0 Å². The molecule has 1 aromatic carbocycles. The average Bonchev–Trinajstić information content (AvgIpc) is 2.99. The van der Waals surface area contributed by atoms with Crippen molar-refractivity contribution in [3.63, 3.8) is 0 Å². The van der Waals surface area contributed by atoms with E-state index < -0.39 is 4.92 Å². The Hall–Kier alpha value is -2.90. The number of carbonyl (C=O) groups excluding carboxylic acids is 1. The molecule has 0 aliphatic rings. The van der Waals surface area contributed by atoms with Gasteiger partial charge in [0.25, 0.3) is 11.6 Å². The number of aromatic nitrogens is 2. The van der Waals surface area contributed by atoms with Crippen LogP contribution >= 0.6 is 0 Å². The minimum Gasteiger partial charge on any atom is -0.378 e. The highest BCUT2D eigenvalue weighted by Gasteiger charge is 2.16. The molecule has 0 saturated carbocycles. The van der Waals surface area contributed by atoms with Crippen LogP contribution in [0.2, 0.25) is 0 Å². The monoisotopic (exact) mass is 289 g/mol. The predicted octanol–water partition coefficient (Wildman–Crippen LogP) is 1.26. The van der Waals surface area contributed by atoms with Crippen molar-refractivity contribution in [3.05, 3.63) is 52.6 Å². The van der Waals surface area contributed by atoms with Crippen LogP contribution in [0.4, 0.5) is 11.4 Å². The van der Waals surface area contributed by atoms with Crippen LogP contribution < -0.4 is 10.6 Å². The fourth-order valence-electron chi connectivity index (χ4n) is 1.86. The SMILES string of the molecule is CNC(=O)c1ccc(NCCn2ccnc2)c([N+](=O)[O-])c1. The number of nitro groups is 1. The minimum absolute atomic E-state index is 0.123. The molecule has 0 spiro atoms. The molecule has 0 aliphatic carbocycles. The summed E-state index contributed by atoms with van der Waals surface area (Å²) in [7, 11) is 1.48. The van der Waals surface area contributed by atoms with E-state index in [1.807, 2.05) is 10.8 Å². The van der Waals surface area contributed by atoms with Crippen molar-refractivity contribution in [2.24, 2.45) is 0 Å². The van der Waals surface area contributed by atoms with Gasteiger partial charge in [0.2, 0.25) is 0 Å². The first-order valence-electron chi connectivity index (χ1n) is 6.32. The summed E-state index contributed by atoms with van der Waals surface area (Å²) < 4.78 is 1.86. The van der Waals surface area contributed by atoms with E-state index in [0.29, 0.717) is 18.8 Å². The topological polar surface area (TPSA) is 102 Å². The first-order chi connectivity index (χ1) is 10.1. The molecule has 0 saturated heterocycles. The molecular weight excluding hydrogens is 274 g/mol. The second-order valence-corrected chi connectivity index (χ2v) is 4.30. The molecule has 0 bridgehead atoms. The summed E-state index contributed by atoms with van der Waals surface area (Å²) in [5.74, 6) is -0.358. The molecule has 0 fully saturated rings. The van der Waals surface area contributed by atoms with Gasteiger partial charge in [-0.1, -0.05) is 0 Å². The highest BCUT2D eigenvalue weighted by Crippen LogP contribution is 2.25. The Labute approximate surface area is 121 Å². The van der Waals surface area contributed by atoms with Crippen molar-refractivity contribution in [3.8, 4) is 0 Å². The van der Waals surface area contributed by atoms with Gasteiger partial charge >= 0.3 is 0 Å². The van der Waals surface area contributed by atoms with E-state index in [9.17, 15) is 14.9 Å². The van der Waals surface area contributed by atoms with E-state index in [2.05, 4.69) is 15.6 Å². The summed E-state index contributed by atoms with van der Waals surface area (Å²) in [6, 6.07) is 4.35. The van der Waals surface area contributed by atoms with Gasteiger partial charge in [-0.2, -0.15) is 0 Å². The molecule has 1 heterocycles. The van der Waals surface area contributed by atoms with Gasteiger partial charge in [-0.3, -0.25) is 14.9 Å². The van der Waals surface area contributed by atoms with Gasteiger partial charge in [-0.25, -0.2) is 4.98 Å². The van der Waals surface area contributed by atoms with E-state index in [0.717, 1.165) is 0 Å². The third-order valence-corrected chi connectivity index (χ3v) is 2.93. The number of anilines is 1. The number of imidazole rings is 1. The van der Waals surface area contributed by atoms with Crippen LogP contribution in [0.5, 0.6) is 0 Å². The van der Waals surface area contributed by atoms with E-state index in [1.165, 1.54) is 19.2 Å². The second kappa shape index (κ2) is 6.51. The van der Waals surface area contributed by atoms with Gasteiger partial charge in [-0.05, 0) is 12.1 Å². The number of nitrogens with zero attached hydrogens (tertiary/aromatic N) is 3. The van der Waals surface area contributed by atoms with Gasteiger partial charge in [0, 0.05) is 44.2 Å². The molecular formula is C13H15N5O3. The zero-order chi connectivity index (χ0) is 15.2. The molecule has 0 aliphatic heterocycles. The molecule has 2 N–H and O–H groups in total. The van der Waals surface area contributed by atoms with E-state index in [-0.39, 0.29) is 17.2 Å². The molecule has 110 valence electrons. The van der Waals surface area contributed by atoms with Crippen LogP contribution in [-0.4, -0.2) is 34.0 Å². The standard InChI is InChI=1S/C13H15N5O3/c1-14-13(19)10-2-3-11(12(8-10)18(20)21)16-5-7-17-6-4-15-9-17/h2-4,6,8-9,16H,5,7H2,1H3,(H,14,19). The molecule has 0 unspecified atom stereocenters. The highest BCUT2D eigenvalue weighted by molar-refractivity contribution is 5.95. The number of benzene rings is 1. The number of hydrogen-bond acceptors (Lipinski definition) is 5. The van der Waals surface area contributed by atoms with Crippen LogP contribution in [0.1, 0.15) is 10.4 Å². The van der Waals surface area contributed by atoms with Gasteiger partial charge in [0.05, 0.1) is 11.3 Å². The fraction of sp³-hybridized carbons (Fsp3) is 0.231. The molecule has 1 amide bonds. The van der Waals surface area contributed by atoms with Crippen molar-refractivity contribution in [1.29, 1.82) is 0 Å². The highest BCUT2D eigenvalue weighted by atomic mass is 16.6. The number of nitrogens with one attached hydrogen (secondary N) is 2. The smallest absolute Gasteiger partial charge is 0.293 e. The summed E-state index contributed by atoms with van der Waals surface area (Å²) in [6.07, 6.45) is 5.15. The van der Waals surface area contributed by atoms with Crippen LogP contribution in [0, 0.1) is 10.1 Å². The number of nitro benzene ring substituents is 1. The van der Waals surface area contributed by atoms with Crippen molar-refractivity contribution in [2.75, 3.05) is 18.9 Å². The van der Waals surface area contributed by atoms with Crippen molar-refractivity contribution < 1.29 is 9.72 Å². The Morgan fingerprint density at radius 2 is 2.29 bits per heavy atom. The van der Waals surface area contributed by atoms with Crippen LogP contribution in [0.3, 0.4) is 0 Å². The first-order valence-corrected chi connectivity index (χ1v) is 6.32. The summed E-state index contributed by atoms with van der Waals surface area (Å²) in [6.45, 7) is 1.14. The largest absolute Gasteiger partial charge is 0.378 e. The summed E-state index contributed by atoms with van der Waals surface area (Å²) in [5.41, 5.74) is 0.513. The number of rotatable bonds is 6. The normalized spacial score (nSPS) is 10.1. The molecule has 0 radical (unpaired) electrons. The second-order valence-electron chi connectivity index (χ2n) is 4.30. The zero-order valence-corrected chi connectivity index (χ0v) is 11.4. The number of carbonyl (C=O) groups is 1. The third-order valence-electron chi connectivity index (χ3n) is 2.93. The van der Waals surface area contributed by atoms with E-state index in [4.69, 9.17) is 0 Å². The lowest BCUT2D eigenvalue weighted by molar-refractivity contribution is -0.384. The summed E-state index contributed by atoms with van der Waals surface area (Å²) in [4.78, 5) is 26.0. The quantitative estimate of drug-likeness (QED) is 0.615. The Kier molecular flexibility index (Phi) is 4.50. The Morgan fingerprint density at radius 3 is 2.90 bits per heavy atom. The lowest BCUT2D eigenvalue weighted by atomic mass is 10.1.